The summed E-state index contributed by atoms with van der Waals surface area (Å²) in [7, 11) is 1.33. The molecule has 5 heteroatoms. The molecular formula is C9H11NO4. The Morgan fingerprint density at radius 1 is 1.36 bits per heavy atom. The maximum atomic E-state index is 10.2. The number of rotatable bonds is 1. The van der Waals surface area contributed by atoms with Gasteiger partial charge in [0.05, 0.1) is 7.11 Å². The molecule has 0 aromatic carbocycles. The van der Waals surface area contributed by atoms with Crippen molar-refractivity contribution in [3.05, 3.63) is 24.3 Å². The first-order chi connectivity index (χ1) is 6.47. The summed E-state index contributed by atoms with van der Waals surface area (Å²) in [6.07, 6.45) is 2.39. The van der Waals surface area contributed by atoms with Gasteiger partial charge in [0.15, 0.2) is 0 Å². The molecule has 76 valence electrons. The summed E-state index contributed by atoms with van der Waals surface area (Å²) in [5, 5.41) is 2.03. The molecule has 0 saturated carbocycles. The van der Waals surface area contributed by atoms with Gasteiger partial charge in [0.25, 0.3) is 11.8 Å². The number of carbonyl (C=O) groups excluding carboxylic acids is 3. The van der Waals surface area contributed by atoms with E-state index in [0.29, 0.717) is 5.57 Å². The molecule has 5 nitrogen and oxygen atoms in total. The van der Waals surface area contributed by atoms with Gasteiger partial charge < -0.3 is 4.74 Å². The predicted octanol–water partition coefficient (Wildman–Crippen LogP) is -0.0655. The largest absolute Gasteiger partial charge is 0.466 e. The molecule has 0 aliphatic carbocycles. The maximum absolute atomic E-state index is 10.2. The Labute approximate surface area is 81.4 Å². The number of esters is 1. The van der Waals surface area contributed by atoms with Crippen molar-refractivity contribution in [3.8, 4) is 0 Å². The first-order valence-electron chi connectivity index (χ1n) is 3.74. The van der Waals surface area contributed by atoms with E-state index in [1.165, 1.54) is 19.3 Å². The fourth-order valence-corrected chi connectivity index (χ4v) is 0.530. The minimum absolute atomic E-state index is 0.329. The van der Waals surface area contributed by atoms with Gasteiger partial charge >= 0.3 is 5.97 Å². The first kappa shape index (κ1) is 12.1. The zero-order valence-corrected chi connectivity index (χ0v) is 7.99. The van der Waals surface area contributed by atoms with Crippen molar-refractivity contribution >= 4 is 17.8 Å². The Morgan fingerprint density at radius 2 is 1.79 bits per heavy atom. The van der Waals surface area contributed by atoms with Crippen molar-refractivity contribution in [2.45, 2.75) is 6.92 Å². The van der Waals surface area contributed by atoms with Gasteiger partial charge in [-0.1, -0.05) is 6.58 Å². The summed E-state index contributed by atoms with van der Waals surface area (Å²) < 4.78 is 4.27. The number of ether oxygens (including phenoxy) is 1. The number of nitrogens with one attached hydrogen (secondary N) is 1. The molecule has 0 radical (unpaired) electrons. The van der Waals surface area contributed by atoms with Crippen molar-refractivity contribution in [3.63, 3.8) is 0 Å². The van der Waals surface area contributed by atoms with Crippen molar-refractivity contribution in [2.75, 3.05) is 7.11 Å². The second-order valence-corrected chi connectivity index (χ2v) is 2.46. The van der Waals surface area contributed by atoms with Gasteiger partial charge in [-0.2, -0.15) is 0 Å². The highest BCUT2D eigenvalue weighted by molar-refractivity contribution is 6.12. The van der Waals surface area contributed by atoms with Gasteiger partial charge in [-0.05, 0) is 6.92 Å². The molecule has 0 unspecified atom stereocenters. The van der Waals surface area contributed by atoms with E-state index in [4.69, 9.17) is 0 Å². The van der Waals surface area contributed by atoms with Crippen LogP contribution in [-0.4, -0.2) is 24.9 Å². The van der Waals surface area contributed by atoms with Crippen LogP contribution in [0.3, 0.4) is 0 Å². The van der Waals surface area contributed by atoms with E-state index < -0.39 is 0 Å². The predicted molar refractivity (Wildman–Crippen MR) is 49.1 cm³/mol. The van der Waals surface area contributed by atoms with Gasteiger partial charge in [-0.15, -0.1) is 0 Å². The lowest BCUT2D eigenvalue weighted by atomic mass is 10.4. The first-order valence-corrected chi connectivity index (χ1v) is 3.74. The van der Waals surface area contributed by atoms with Crippen LogP contribution in [0.4, 0.5) is 0 Å². The SMILES string of the molecule is C=C(C)C(=O)OC.O=C1C=CC(=O)N1. The van der Waals surface area contributed by atoms with E-state index in [2.05, 4.69) is 11.3 Å². The average molecular weight is 197 g/mol. The zero-order chi connectivity index (χ0) is 11.1. The van der Waals surface area contributed by atoms with Crippen molar-refractivity contribution < 1.29 is 19.1 Å². The van der Waals surface area contributed by atoms with E-state index in [-0.39, 0.29) is 17.8 Å². The summed E-state index contributed by atoms with van der Waals surface area (Å²) in [4.78, 5) is 30.3. The summed E-state index contributed by atoms with van der Waals surface area (Å²) in [6, 6.07) is 0. The van der Waals surface area contributed by atoms with E-state index in [1.54, 1.807) is 6.92 Å². The standard InChI is InChI=1S/C5H8O2.C4H3NO2/c1-4(2)5(6)7-3;6-3-1-2-4(7)5-3/h1H2,2-3H3;1-2H,(H,5,6,7). The highest BCUT2D eigenvalue weighted by Gasteiger charge is 2.06. The van der Waals surface area contributed by atoms with Crippen molar-refractivity contribution in [1.29, 1.82) is 0 Å². The third-order valence-corrected chi connectivity index (χ3v) is 1.17. The maximum Gasteiger partial charge on any atom is 0.332 e. The average Bonchev–Trinajstić information content (AvgIpc) is 2.49. The molecule has 1 rings (SSSR count). The summed E-state index contributed by atoms with van der Waals surface area (Å²) >= 11 is 0. The highest BCUT2D eigenvalue weighted by atomic mass is 16.5. The fraction of sp³-hybridized carbons (Fsp3) is 0.222. The van der Waals surface area contributed by atoms with Gasteiger partial charge in [0.1, 0.15) is 0 Å². The van der Waals surface area contributed by atoms with E-state index in [1.807, 2.05) is 5.32 Å². The molecule has 0 spiro atoms. The molecule has 2 amide bonds. The van der Waals surface area contributed by atoms with Crippen LogP contribution in [0.15, 0.2) is 24.3 Å². The second-order valence-electron chi connectivity index (χ2n) is 2.46. The molecule has 1 heterocycles. The highest BCUT2D eigenvalue weighted by Crippen LogP contribution is 1.87. The van der Waals surface area contributed by atoms with Gasteiger partial charge in [0, 0.05) is 17.7 Å². The van der Waals surface area contributed by atoms with Crippen LogP contribution in [0.2, 0.25) is 0 Å². The number of hydrogen-bond donors (Lipinski definition) is 1. The number of amides is 2. The zero-order valence-electron chi connectivity index (χ0n) is 7.99. The van der Waals surface area contributed by atoms with Crippen LogP contribution >= 0.6 is 0 Å². The van der Waals surface area contributed by atoms with Gasteiger partial charge in [-0.3, -0.25) is 14.9 Å². The van der Waals surface area contributed by atoms with Crippen LogP contribution in [0.1, 0.15) is 6.92 Å². The van der Waals surface area contributed by atoms with Crippen LogP contribution in [0.25, 0.3) is 0 Å². The molecule has 1 aliphatic rings. The Balaban J connectivity index is 0.000000241. The van der Waals surface area contributed by atoms with Gasteiger partial charge in [0.2, 0.25) is 0 Å². The minimum Gasteiger partial charge on any atom is -0.466 e. The lowest BCUT2D eigenvalue weighted by Crippen LogP contribution is -2.19. The number of methoxy groups -OCH3 is 1. The molecule has 0 atom stereocenters. The Hall–Kier alpha value is -1.91. The Morgan fingerprint density at radius 3 is 1.86 bits per heavy atom. The Kier molecular flexibility index (Phi) is 4.91. The molecule has 1 aliphatic heterocycles. The smallest absolute Gasteiger partial charge is 0.332 e. The molecule has 0 fully saturated rings. The number of imide groups is 1. The van der Waals surface area contributed by atoms with E-state index >= 15 is 0 Å². The topological polar surface area (TPSA) is 72.5 Å². The minimum atomic E-state index is -0.347. The molecule has 14 heavy (non-hydrogen) atoms. The number of hydrogen-bond acceptors (Lipinski definition) is 4. The van der Waals surface area contributed by atoms with E-state index in [9.17, 15) is 14.4 Å². The molecule has 0 bridgehead atoms. The molecular weight excluding hydrogens is 186 g/mol. The van der Waals surface area contributed by atoms with Crippen LogP contribution < -0.4 is 5.32 Å². The van der Waals surface area contributed by atoms with Crippen LogP contribution in [0.5, 0.6) is 0 Å². The summed E-state index contributed by atoms with van der Waals surface area (Å²) in [6.45, 7) is 4.95. The van der Waals surface area contributed by atoms with Crippen molar-refractivity contribution in [2.24, 2.45) is 0 Å². The monoisotopic (exact) mass is 197 g/mol. The third-order valence-electron chi connectivity index (χ3n) is 1.17. The number of carbonyl (C=O) groups is 3. The van der Waals surface area contributed by atoms with Crippen LogP contribution in [-0.2, 0) is 19.1 Å². The lowest BCUT2D eigenvalue weighted by molar-refractivity contribution is -0.136. The quantitative estimate of drug-likeness (QED) is 0.363. The second kappa shape index (κ2) is 5.69. The lowest BCUT2D eigenvalue weighted by Gasteiger charge is -1.91. The van der Waals surface area contributed by atoms with Crippen LogP contribution in [0, 0.1) is 0 Å². The summed E-state index contributed by atoms with van der Waals surface area (Å²) in [5.74, 6) is -1.00. The fourth-order valence-electron chi connectivity index (χ4n) is 0.530. The molecule has 0 aromatic rings. The normalized spacial score (nSPS) is 12.7. The molecule has 0 aromatic heterocycles. The molecule has 0 saturated heterocycles. The van der Waals surface area contributed by atoms with Gasteiger partial charge in [-0.25, -0.2) is 4.79 Å². The molecule has 1 N–H and O–H groups in total. The Bertz CT molecular complexity index is 288. The van der Waals surface area contributed by atoms with Crippen molar-refractivity contribution in [1.82, 2.24) is 5.32 Å². The summed E-state index contributed by atoms with van der Waals surface area (Å²) in [5.41, 5.74) is 0.433. The third kappa shape index (κ3) is 4.87. The van der Waals surface area contributed by atoms with E-state index in [0.717, 1.165) is 0 Å².